The lowest BCUT2D eigenvalue weighted by Crippen LogP contribution is -2.16. The van der Waals surface area contributed by atoms with Gasteiger partial charge in [0.15, 0.2) is 0 Å². The van der Waals surface area contributed by atoms with E-state index in [1.165, 1.54) is 6.33 Å². The highest BCUT2D eigenvalue weighted by Crippen LogP contribution is 2.17. The zero-order chi connectivity index (χ0) is 14.4. The normalized spacial score (nSPS) is 10.1. The van der Waals surface area contributed by atoms with Crippen molar-refractivity contribution in [2.45, 2.75) is 20.3 Å². The molecule has 2 aromatic heterocycles. The minimum absolute atomic E-state index is 0.231. The van der Waals surface area contributed by atoms with Crippen LogP contribution in [-0.4, -0.2) is 27.4 Å². The molecule has 0 spiro atoms. The molecule has 6 nitrogen and oxygen atoms in total. The average molecular weight is 271 g/mol. The van der Waals surface area contributed by atoms with Crippen molar-refractivity contribution in [3.8, 4) is 0 Å². The Labute approximate surface area is 117 Å². The van der Waals surface area contributed by atoms with Crippen LogP contribution in [0.5, 0.6) is 0 Å². The van der Waals surface area contributed by atoms with Gasteiger partial charge in [-0.2, -0.15) is 0 Å². The summed E-state index contributed by atoms with van der Waals surface area (Å²) in [6.45, 7) is 4.77. The maximum absolute atomic E-state index is 12.3. The number of amides is 1. The van der Waals surface area contributed by atoms with Gasteiger partial charge in [-0.15, -0.1) is 0 Å². The Kier molecular flexibility index (Phi) is 4.60. The van der Waals surface area contributed by atoms with Crippen molar-refractivity contribution < 1.29 is 4.79 Å². The van der Waals surface area contributed by atoms with Crippen molar-refractivity contribution in [1.29, 1.82) is 0 Å². The topological polar surface area (TPSA) is 79.8 Å². The molecular formula is C14H17N5O. The van der Waals surface area contributed by atoms with E-state index < -0.39 is 0 Å². The van der Waals surface area contributed by atoms with Gasteiger partial charge in [0.1, 0.15) is 6.33 Å². The van der Waals surface area contributed by atoms with Crippen LogP contribution in [0.25, 0.3) is 0 Å². The number of pyridine rings is 1. The number of rotatable bonds is 5. The fourth-order valence-corrected chi connectivity index (χ4v) is 1.71. The molecule has 0 saturated carbocycles. The summed E-state index contributed by atoms with van der Waals surface area (Å²) in [5.41, 5.74) is 2.71. The molecule has 2 aromatic rings. The molecule has 0 aromatic carbocycles. The number of aryl methyl sites for hydroxylation is 1. The summed E-state index contributed by atoms with van der Waals surface area (Å²) in [5, 5.41) is 5.99. The Balaban J connectivity index is 2.20. The van der Waals surface area contributed by atoms with Gasteiger partial charge in [-0.05, 0) is 19.4 Å². The van der Waals surface area contributed by atoms with E-state index in [0.717, 1.165) is 24.3 Å². The van der Waals surface area contributed by atoms with Crippen molar-refractivity contribution in [2.75, 3.05) is 17.2 Å². The number of nitrogens with zero attached hydrogens (tertiary/aromatic N) is 3. The second kappa shape index (κ2) is 6.60. The van der Waals surface area contributed by atoms with Crippen LogP contribution in [0.15, 0.2) is 31.0 Å². The van der Waals surface area contributed by atoms with E-state index in [1.54, 1.807) is 18.6 Å². The molecule has 0 bridgehead atoms. The maximum atomic E-state index is 12.3. The highest BCUT2D eigenvalue weighted by atomic mass is 16.1. The molecule has 0 aliphatic heterocycles. The first kappa shape index (κ1) is 13.9. The van der Waals surface area contributed by atoms with Gasteiger partial charge in [0.25, 0.3) is 5.91 Å². The first-order chi connectivity index (χ1) is 9.70. The number of hydrogen-bond acceptors (Lipinski definition) is 5. The van der Waals surface area contributed by atoms with Gasteiger partial charge >= 0.3 is 0 Å². The number of hydrogen-bond donors (Lipinski definition) is 2. The van der Waals surface area contributed by atoms with Crippen molar-refractivity contribution >= 4 is 17.3 Å². The average Bonchev–Trinajstić information content (AvgIpc) is 2.46. The second-order valence-corrected chi connectivity index (χ2v) is 4.38. The highest BCUT2D eigenvalue weighted by molar-refractivity contribution is 6.07. The Morgan fingerprint density at radius 1 is 1.25 bits per heavy atom. The van der Waals surface area contributed by atoms with Gasteiger partial charge in [-0.25, -0.2) is 9.97 Å². The molecule has 2 N–H and O–H groups in total. The predicted octanol–water partition coefficient (Wildman–Crippen LogP) is 2.25. The predicted molar refractivity (Wildman–Crippen MR) is 77.7 cm³/mol. The number of anilines is 2. The summed E-state index contributed by atoms with van der Waals surface area (Å²) in [7, 11) is 0. The van der Waals surface area contributed by atoms with Crippen LogP contribution in [0, 0.1) is 6.92 Å². The zero-order valence-electron chi connectivity index (χ0n) is 11.6. The smallest absolute Gasteiger partial charge is 0.259 e. The summed E-state index contributed by atoms with van der Waals surface area (Å²) >= 11 is 0. The molecule has 2 heterocycles. The lowest BCUT2D eigenvalue weighted by Gasteiger charge is -2.12. The third-order valence-corrected chi connectivity index (χ3v) is 2.67. The first-order valence-corrected chi connectivity index (χ1v) is 6.47. The van der Waals surface area contributed by atoms with Crippen molar-refractivity contribution in [3.05, 3.63) is 42.2 Å². The SMILES string of the molecule is CCCNc1cc(C)ncc1C(=O)Nc1cncnc1. The van der Waals surface area contributed by atoms with Gasteiger partial charge < -0.3 is 10.6 Å². The van der Waals surface area contributed by atoms with Crippen LogP contribution < -0.4 is 10.6 Å². The van der Waals surface area contributed by atoms with E-state index in [2.05, 4.69) is 32.5 Å². The quantitative estimate of drug-likeness (QED) is 0.872. The summed E-state index contributed by atoms with van der Waals surface area (Å²) < 4.78 is 0. The molecular weight excluding hydrogens is 254 g/mol. The Morgan fingerprint density at radius 3 is 2.70 bits per heavy atom. The van der Waals surface area contributed by atoms with E-state index in [1.807, 2.05) is 13.0 Å². The van der Waals surface area contributed by atoms with Gasteiger partial charge in [-0.3, -0.25) is 9.78 Å². The summed E-state index contributed by atoms with van der Waals surface area (Å²) in [6, 6.07) is 1.87. The zero-order valence-corrected chi connectivity index (χ0v) is 11.6. The second-order valence-electron chi connectivity index (χ2n) is 4.38. The van der Waals surface area contributed by atoms with Crippen LogP contribution in [0.4, 0.5) is 11.4 Å². The molecule has 2 rings (SSSR count). The van der Waals surface area contributed by atoms with Crippen LogP contribution in [-0.2, 0) is 0 Å². The van der Waals surface area contributed by atoms with Crippen LogP contribution in [0.1, 0.15) is 29.4 Å². The molecule has 0 radical (unpaired) electrons. The number of carbonyl (C=O) groups is 1. The lowest BCUT2D eigenvalue weighted by atomic mass is 10.2. The van der Waals surface area contributed by atoms with Crippen molar-refractivity contribution in [2.24, 2.45) is 0 Å². The molecule has 0 saturated heterocycles. The third-order valence-electron chi connectivity index (χ3n) is 2.67. The molecule has 0 aliphatic carbocycles. The Bertz CT molecular complexity index is 585. The number of nitrogens with one attached hydrogen (secondary N) is 2. The standard InChI is InChI=1S/C14H17N5O/c1-3-4-17-13-5-10(2)18-8-12(13)14(20)19-11-6-15-9-16-7-11/h5-9H,3-4H2,1-2H3,(H,17,18)(H,19,20). The van der Waals surface area contributed by atoms with E-state index in [-0.39, 0.29) is 5.91 Å². The lowest BCUT2D eigenvalue weighted by molar-refractivity contribution is 0.102. The van der Waals surface area contributed by atoms with E-state index in [4.69, 9.17) is 0 Å². The van der Waals surface area contributed by atoms with Crippen LogP contribution in [0.2, 0.25) is 0 Å². The molecule has 20 heavy (non-hydrogen) atoms. The summed E-state index contributed by atoms with van der Waals surface area (Å²) in [5.74, 6) is -0.231. The monoisotopic (exact) mass is 271 g/mol. The fraction of sp³-hybridized carbons (Fsp3) is 0.286. The summed E-state index contributed by atoms with van der Waals surface area (Å²) in [4.78, 5) is 24.2. The molecule has 6 heteroatoms. The summed E-state index contributed by atoms with van der Waals surface area (Å²) in [6.07, 6.45) is 7.07. The minimum Gasteiger partial charge on any atom is -0.384 e. The van der Waals surface area contributed by atoms with Gasteiger partial charge in [0, 0.05) is 18.4 Å². The largest absolute Gasteiger partial charge is 0.384 e. The fourth-order valence-electron chi connectivity index (χ4n) is 1.71. The minimum atomic E-state index is -0.231. The van der Waals surface area contributed by atoms with Crippen LogP contribution in [0.3, 0.4) is 0 Å². The van der Waals surface area contributed by atoms with Crippen molar-refractivity contribution in [1.82, 2.24) is 15.0 Å². The molecule has 0 aliphatic rings. The van der Waals surface area contributed by atoms with Crippen LogP contribution >= 0.6 is 0 Å². The molecule has 104 valence electrons. The Morgan fingerprint density at radius 2 is 2.00 bits per heavy atom. The molecule has 1 amide bonds. The number of aromatic nitrogens is 3. The van der Waals surface area contributed by atoms with Crippen molar-refractivity contribution in [3.63, 3.8) is 0 Å². The highest BCUT2D eigenvalue weighted by Gasteiger charge is 2.12. The molecule has 0 atom stereocenters. The van der Waals surface area contributed by atoms with E-state index >= 15 is 0 Å². The molecule has 0 unspecified atom stereocenters. The maximum Gasteiger partial charge on any atom is 0.259 e. The van der Waals surface area contributed by atoms with E-state index in [0.29, 0.717) is 11.3 Å². The third kappa shape index (κ3) is 3.50. The van der Waals surface area contributed by atoms with E-state index in [9.17, 15) is 4.79 Å². The first-order valence-electron chi connectivity index (χ1n) is 6.47. The number of carbonyl (C=O) groups excluding carboxylic acids is 1. The Hall–Kier alpha value is -2.50. The van der Waals surface area contributed by atoms with Gasteiger partial charge in [0.2, 0.25) is 0 Å². The van der Waals surface area contributed by atoms with Gasteiger partial charge in [0.05, 0.1) is 29.3 Å². The van der Waals surface area contributed by atoms with Gasteiger partial charge in [-0.1, -0.05) is 6.92 Å². The molecule has 0 fully saturated rings.